The molecule has 1 aliphatic heterocycles. The molecule has 3 heteroatoms. The molecule has 0 spiro atoms. The average molecular weight is 328 g/mol. The highest BCUT2D eigenvalue weighted by atomic mass is 16.6. The van der Waals surface area contributed by atoms with E-state index >= 15 is 0 Å². The lowest BCUT2D eigenvalue weighted by Gasteiger charge is -2.18. The molecule has 2 aliphatic carbocycles. The smallest absolute Gasteiger partial charge is 0.318 e. The molecule has 0 N–H and O–H groups in total. The summed E-state index contributed by atoms with van der Waals surface area (Å²) in [6.45, 7) is 0. The van der Waals surface area contributed by atoms with Gasteiger partial charge in [-0.05, 0) is 22.3 Å². The van der Waals surface area contributed by atoms with Crippen molar-refractivity contribution in [3.8, 4) is 0 Å². The number of fused-ring (bicyclic) bond motifs is 5. The van der Waals surface area contributed by atoms with E-state index in [1.54, 1.807) is 0 Å². The van der Waals surface area contributed by atoms with Gasteiger partial charge in [-0.1, -0.05) is 72.8 Å². The fraction of sp³-hybridized carbons (Fsp3) is 0.182. The van der Waals surface area contributed by atoms with Crippen LogP contribution in [0.4, 0.5) is 0 Å². The van der Waals surface area contributed by atoms with Crippen molar-refractivity contribution >= 4 is 17.5 Å². The predicted molar refractivity (Wildman–Crippen MR) is 93.1 cm³/mol. The van der Waals surface area contributed by atoms with E-state index in [9.17, 15) is 9.59 Å². The van der Waals surface area contributed by atoms with Gasteiger partial charge in [0.15, 0.2) is 0 Å². The van der Waals surface area contributed by atoms with Gasteiger partial charge in [0.25, 0.3) is 0 Å². The molecule has 1 saturated heterocycles. The average Bonchev–Trinajstić information content (AvgIpc) is 3.29. The molecule has 5 rings (SSSR count). The quantitative estimate of drug-likeness (QED) is 0.480. The highest BCUT2D eigenvalue weighted by Crippen LogP contribution is 2.57. The van der Waals surface area contributed by atoms with Gasteiger partial charge in [0.05, 0.1) is 11.8 Å². The Morgan fingerprint density at radius 3 is 1.56 bits per heavy atom. The topological polar surface area (TPSA) is 43.4 Å². The second-order valence-electron chi connectivity index (χ2n) is 6.79. The van der Waals surface area contributed by atoms with Crippen molar-refractivity contribution in [3.05, 3.63) is 89.5 Å². The molecule has 2 fully saturated rings. The molecule has 25 heavy (non-hydrogen) atoms. The minimum absolute atomic E-state index is 0.0515. The van der Waals surface area contributed by atoms with Crippen molar-refractivity contribution in [2.24, 2.45) is 23.7 Å². The molecule has 0 unspecified atom stereocenters. The highest BCUT2D eigenvalue weighted by Gasteiger charge is 2.61. The molecule has 2 bridgehead atoms. The largest absolute Gasteiger partial charge is 0.393 e. The molecule has 1 heterocycles. The zero-order chi connectivity index (χ0) is 17.0. The third kappa shape index (κ3) is 1.99. The molecule has 0 radical (unpaired) electrons. The van der Waals surface area contributed by atoms with Crippen LogP contribution in [0.3, 0.4) is 0 Å². The molecule has 4 atom stereocenters. The standard InChI is InChI=1S/C22H16O3/c23-21-19-15-11-12-16(20(19)22(24)25-21)18(15)17(13-7-3-1-4-8-13)14-9-5-2-6-10-14/h1-12,15-16,19-20H/t15-,16+,19+,20-. The number of ether oxygens (including phenoxy) is 1. The Balaban J connectivity index is 1.75. The SMILES string of the molecule is O=C1OC(=O)[C@H]2[C@@H]1[C@@H]1C=C[C@H]2C1=C(c1ccccc1)c1ccccc1. The van der Waals surface area contributed by atoms with Gasteiger partial charge >= 0.3 is 11.9 Å². The molecule has 0 amide bonds. The number of esters is 2. The lowest BCUT2D eigenvalue weighted by Crippen LogP contribution is -2.21. The van der Waals surface area contributed by atoms with Crippen molar-refractivity contribution in [2.75, 3.05) is 0 Å². The van der Waals surface area contributed by atoms with Gasteiger partial charge in [0.2, 0.25) is 0 Å². The molecular weight excluding hydrogens is 312 g/mol. The number of cyclic esters (lactones) is 2. The first-order chi connectivity index (χ1) is 12.3. The zero-order valence-electron chi connectivity index (χ0n) is 13.5. The van der Waals surface area contributed by atoms with Crippen LogP contribution in [-0.4, -0.2) is 11.9 Å². The summed E-state index contributed by atoms with van der Waals surface area (Å²) in [6.07, 6.45) is 4.15. The fourth-order valence-electron chi connectivity index (χ4n) is 4.61. The van der Waals surface area contributed by atoms with Crippen LogP contribution in [-0.2, 0) is 14.3 Å². The molecule has 2 aromatic rings. The van der Waals surface area contributed by atoms with Crippen LogP contribution in [0.15, 0.2) is 78.4 Å². The molecule has 122 valence electrons. The maximum Gasteiger partial charge on any atom is 0.318 e. The van der Waals surface area contributed by atoms with Crippen molar-refractivity contribution in [2.45, 2.75) is 0 Å². The van der Waals surface area contributed by atoms with E-state index in [0.29, 0.717) is 0 Å². The van der Waals surface area contributed by atoms with Crippen molar-refractivity contribution in [3.63, 3.8) is 0 Å². The number of allylic oxidation sites excluding steroid dienone is 3. The predicted octanol–water partition coefficient (Wildman–Crippen LogP) is 3.62. The number of rotatable bonds is 2. The van der Waals surface area contributed by atoms with Crippen LogP contribution < -0.4 is 0 Å². The minimum Gasteiger partial charge on any atom is -0.393 e. The molecule has 3 nitrogen and oxygen atoms in total. The van der Waals surface area contributed by atoms with E-state index in [4.69, 9.17) is 4.74 Å². The van der Waals surface area contributed by atoms with E-state index in [0.717, 1.165) is 16.7 Å². The summed E-state index contributed by atoms with van der Waals surface area (Å²) in [5.74, 6) is -1.57. The Morgan fingerprint density at radius 1 is 0.680 bits per heavy atom. The normalized spacial score (nSPS) is 29.0. The third-order valence-corrected chi connectivity index (χ3v) is 5.56. The van der Waals surface area contributed by atoms with Gasteiger partial charge in [0.1, 0.15) is 0 Å². The number of hydrogen-bond donors (Lipinski definition) is 0. The van der Waals surface area contributed by atoms with Crippen LogP contribution in [0.1, 0.15) is 11.1 Å². The van der Waals surface area contributed by atoms with Crippen LogP contribution in [0.2, 0.25) is 0 Å². The molecule has 0 aromatic heterocycles. The summed E-state index contributed by atoms with van der Waals surface area (Å²) in [5, 5.41) is 0. The summed E-state index contributed by atoms with van der Waals surface area (Å²) in [4.78, 5) is 24.4. The zero-order valence-corrected chi connectivity index (χ0v) is 13.5. The van der Waals surface area contributed by atoms with Crippen molar-refractivity contribution in [1.82, 2.24) is 0 Å². The fourth-order valence-corrected chi connectivity index (χ4v) is 4.61. The maximum absolute atomic E-state index is 12.2. The number of hydrogen-bond acceptors (Lipinski definition) is 3. The summed E-state index contributed by atoms with van der Waals surface area (Å²) in [6, 6.07) is 20.4. The Hall–Kier alpha value is -2.94. The summed E-state index contributed by atoms with van der Waals surface area (Å²) in [5.41, 5.74) is 4.54. The van der Waals surface area contributed by atoms with Gasteiger partial charge in [-0.25, -0.2) is 0 Å². The molecule has 2 aromatic carbocycles. The van der Waals surface area contributed by atoms with Crippen molar-refractivity contribution in [1.29, 1.82) is 0 Å². The lowest BCUT2D eigenvalue weighted by molar-refractivity contribution is -0.154. The summed E-state index contributed by atoms with van der Waals surface area (Å²) >= 11 is 0. The van der Waals surface area contributed by atoms with Crippen LogP contribution in [0, 0.1) is 23.7 Å². The summed E-state index contributed by atoms with van der Waals surface area (Å²) < 4.78 is 4.91. The molecular formula is C22H16O3. The Bertz CT molecular complexity index is 851. The summed E-state index contributed by atoms with van der Waals surface area (Å²) in [7, 11) is 0. The van der Waals surface area contributed by atoms with Gasteiger partial charge in [-0.3, -0.25) is 9.59 Å². The second kappa shape index (κ2) is 5.28. The first kappa shape index (κ1) is 14.4. The first-order valence-corrected chi connectivity index (χ1v) is 8.54. The van der Waals surface area contributed by atoms with E-state index in [1.165, 1.54) is 5.57 Å². The van der Waals surface area contributed by atoms with Crippen LogP contribution >= 0.6 is 0 Å². The monoisotopic (exact) mass is 328 g/mol. The third-order valence-electron chi connectivity index (χ3n) is 5.56. The maximum atomic E-state index is 12.2. The van der Waals surface area contributed by atoms with Crippen molar-refractivity contribution < 1.29 is 14.3 Å². The molecule has 1 saturated carbocycles. The Labute approximate surface area is 145 Å². The van der Waals surface area contributed by atoms with Gasteiger partial charge < -0.3 is 4.74 Å². The Morgan fingerprint density at radius 2 is 1.12 bits per heavy atom. The van der Waals surface area contributed by atoms with Gasteiger partial charge in [0, 0.05) is 11.8 Å². The molecule has 3 aliphatic rings. The number of carbonyl (C=O) groups excluding carboxylic acids is 2. The number of benzene rings is 2. The second-order valence-corrected chi connectivity index (χ2v) is 6.79. The number of carbonyl (C=O) groups is 2. The van der Waals surface area contributed by atoms with E-state index < -0.39 is 0 Å². The van der Waals surface area contributed by atoms with E-state index in [-0.39, 0.29) is 35.6 Å². The van der Waals surface area contributed by atoms with Crippen LogP contribution in [0.5, 0.6) is 0 Å². The highest BCUT2D eigenvalue weighted by molar-refractivity contribution is 6.00. The van der Waals surface area contributed by atoms with Gasteiger partial charge in [-0.15, -0.1) is 0 Å². The van der Waals surface area contributed by atoms with E-state index in [1.807, 2.05) is 36.4 Å². The van der Waals surface area contributed by atoms with E-state index in [2.05, 4.69) is 36.4 Å². The van der Waals surface area contributed by atoms with Crippen LogP contribution in [0.25, 0.3) is 5.57 Å². The minimum atomic E-state index is -0.371. The first-order valence-electron chi connectivity index (χ1n) is 8.54. The van der Waals surface area contributed by atoms with Gasteiger partial charge in [-0.2, -0.15) is 0 Å². The Kier molecular flexibility index (Phi) is 3.04. The lowest BCUT2D eigenvalue weighted by atomic mass is 9.85.